The first-order valence-corrected chi connectivity index (χ1v) is 5.06. The molecule has 2 N–H and O–H groups in total. The Hall–Kier alpha value is -2.43. The largest absolute Gasteiger partial charge is 0.397 e. The molecule has 0 aliphatic heterocycles. The molecule has 1 heterocycles. The van der Waals surface area contributed by atoms with Gasteiger partial charge in [-0.25, -0.2) is 0 Å². The number of nitrogens with zero attached hydrogens (tertiary/aromatic N) is 2. The summed E-state index contributed by atoms with van der Waals surface area (Å²) in [6, 6.07) is 9.85. The maximum atomic E-state index is 10.5. The highest BCUT2D eigenvalue weighted by atomic mass is 16.6. The van der Waals surface area contributed by atoms with Crippen LogP contribution in [-0.4, -0.2) is 9.91 Å². The molecule has 0 saturated heterocycles. The van der Waals surface area contributed by atoms with E-state index in [0.29, 0.717) is 5.69 Å². The van der Waals surface area contributed by atoms with Crippen LogP contribution in [0, 0.1) is 17.0 Å². The highest BCUT2D eigenvalue weighted by Crippen LogP contribution is 2.22. The van der Waals surface area contributed by atoms with E-state index in [9.17, 15) is 10.1 Å². The molecular weight excluding hydrogens is 218 g/mol. The van der Waals surface area contributed by atoms with E-state index in [1.807, 2.05) is 6.92 Å². The molecule has 86 valence electrons. The second-order valence-electron chi connectivity index (χ2n) is 3.68. The van der Waals surface area contributed by atoms with Gasteiger partial charge in [0.1, 0.15) is 0 Å². The van der Waals surface area contributed by atoms with Crippen molar-refractivity contribution in [2.24, 2.45) is 0 Å². The van der Waals surface area contributed by atoms with Crippen molar-refractivity contribution in [1.29, 1.82) is 0 Å². The maximum absolute atomic E-state index is 10.5. The number of hydrogen-bond donors (Lipinski definition) is 1. The topological polar surface area (TPSA) is 82.0 Å². The zero-order valence-corrected chi connectivity index (χ0v) is 9.25. The zero-order valence-electron chi connectivity index (χ0n) is 9.25. The van der Waals surface area contributed by atoms with Crippen LogP contribution in [0.1, 0.15) is 5.69 Å². The first-order chi connectivity index (χ1) is 8.08. The second-order valence-corrected chi connectivity index (χ2v) is 3.68. The zero-order chi connectivity index (χ0) is 12.4. The maximum Gasteiger partial charge on any atom is 0.269 e. The number of anilines is 1. The van der Waals surface area contributed by atoms with Crippen LogP contribution in [0.2, 0.25) is 0 Å². The molecule has 0 atom stereocenters. The average Bonchev–Trinajstić information content (AvgIpc) is 2.33. The molecule has 0 aliphatic carbocycles. The Morgan fingerprint density at radius 2 is 1.82 bits per heavy atom. The number of pyridine rings is 1. The van der Waals surface area contributed by atoms with E-state index < -0.39 is 4.92 Å². The third kappa shape index (κ3) is 2.23. The Morgan fingerprint density at radius 1 is 1.18 bits per heavy atom. The van der Waals surface area contributed by atoms with Gasteiger partial charge in [0.05, 0.1) is 22.0 Å². The average molecular weight is 229 g/mol. The quantitative estimate of drug-likeness (QED) is 0.633. The number of hydrogen-bond acceptors (Lipinski definition) is 4. The van der Waals surface area contributed by atoms with E-state index in [2.05, 4.69) is 4.98 Å². The highest BCUT2D eigenvalue weighted by Gasteiger charge is 2.06. The highest BCUT2D eigenvalue weighted by molar-refractivity contribution is 5.63. The van der Waals surface area contributed by atoms with E-state index in [0.717, 1.165) is 17.0 Å². The first-order valence-electron chi connectivity index (χ1n) is 5.06. The number of benzene rings is 1. The number of aryl methyl sites for hydroxylation is 1. The molecule has 0 unspecified atom stereocenters. The van der Waals surface area contributed by atoms with Crippen LogP contribution in [0.25, 0.3) is 11.3 Å². The van der Waals surface area contributed by atoms with Crippen LogP contribution in [-0.2, 0) is 0 Å². The number of nitrogens with two attached hydrogens (primary N) is 1. The molecule has 17 heavy (non-hydrogen) atoms. The molecule has 1 aromatic heterocycles. The molecular formula is C12H11N3O2. The molecule has 0 spiro atoms. The third-order valence-electron chi connectivity index (χ3n) is 2.50. The van der Waals surface area contributed by atoms with E-state index in [-0.39, 0.29) is 5.69 Å². The number of nitro groups is 1. The first kappa shape index (κ1) is 11.1. The van der Waals surface area contributed by atoms with Gasteiger partial charge in [-0.1, -0.05) is 0 Å². The summed E-state index contributed by atoms with van der Waals surface area (Å²) in [7, 11) is 0. The molecule has 0 amide bonds. The molecule has 0 fully saturated rings. The van der Waals surface area contributed by atoms with Gasteiger partial charge in [0.25, 0.3) is 5.69 Å². The number of aromatic nitrogens is 1. The summed E-state index contributed by atoms with van der Waals surface area (Å²) in [5.74, 6) is 0. The second kappa shape index (κ2) is 4.21. The predicted molar refractivity (Wildman–Crippen MR) is 65.5 cm³/mol. The van der Waals surface area contributed by atoms with Crippen molar-refractivity contribution in [3.63, 3.8) is 0 Å². The van der Waals surface area contributed by atoms with Crippen LogP contribution < -0.4 is 5.73 Å². The van der Waals surface area contributed by atoms with Crippen molar-refractivity contribution in [3.05, 3.63) is 52.2 Å². The summed E-state index contributed by atoms with van der Waals surface area (Å²) in [5.41, 5.74) is 8.72. The lowest BCUT2D eigenvalue weighted by atomic mass is 10.1. The Labute approximate surface area is 98.1 Å². The Balaban J connectivity index is 2.39. The molecule has 0 aliphatic rings. The lowest BCUT2D eigenvalue weighted by Gasteiger charge is -2.04. The minimum Gasteiger partial charge on any atom is -0.397 e. The standard InChI is InChI=1S/C12H11N3O2/c1-8-11(13)6-7-12(14-8)9-2-4-10(5-3-9)15(16)17/h2-7H,13H2,1H3. The number of nitrogen functional groups attached to an aromatic ring is 1. The fraction of sp³-hybridized carbons (Fsp3) is 0.0833. The smallest absolute Gasteiger partial charge is 0.269 e. The van der Waals surface area contributed by atoms with E-state index in [4.69, 9.17) is 5.73 Å². The third-order valence-corrected chi connectivity index (χ3v) is 2.50. The summed E-state index contributed by atoms with van der Waals surface area (Å²) in [5, 5.41) is 10.5. The van der Waals surface area contributed by atoms with Crippen molar-refractivity contribution in [2.45, 2.75) is 6.92 Å². The van der Waals surface area contributed by atoms with Crippen molar-refractivity contribution in [2.75, 3.05) is 5.73 Å². The molecule has 0 bridgehead atoms. The van der Waals surface area contributed by atoms with Gasteiger partial charge < -0.3 is 5.73 Å². The van der Waals surface area contributed by atoms with Gasteiger partial charge in [-0.05, 0) is 31.2 Å². The molecule has 1 aromatic carbocycles. The lowest BCUT2D eigenvalue weighted by Crippen LogP contribution is -1.94. The Bertz CT molecular complexity index is 564. The Morgan fingerprint density at radius 3 is 2.35 bits per heavy atom. The van der Waals surface area contributed by atoms with Crippen LogP contribution >= 0.6 is 0 Å². The minimum absolute atomic E-state index is 0.0703. The molecule has 5 heteroatoms. The van der Waals surface area contributed by atoms with Crippen molar-refractivity contribution in [1.82, 2.24) is 4.98 Å². The van der Waals surface area contributed by atoms with Gasteiger partial charge in [-0.3, -0.25) is 15.1 Å². The van der Waals surface area contributed by atoms with Crippen LogP contribution in [0.15, 0.2) is 36.4 Å². The predicted octanol–water partition coefficient (Wildman–Crippen LogP) is 2.55. The van der Waals surface area contributed by atoms with Gasteiger partial charge in [-0.15, -0.1) is 0 Å². The van der Waals surface area contributed by atoms with Gasteiger partial charge in [0.15, 0.2) is 0 Å². The monoisotopic (exact) mass is 229 g/mol. The van der Waals surface area contributed by atoms with Crippen molar-refractivity contribution in [3.8, 4) is 11.3 Å². The van der Waals surface area contributed by atoms with Crippen LogP contribution in [0.3, 0.4) is 0 Å². The summed E-state index contributed by atoms with van der Waals surface area (Å²) in [6.45, 7) is 1.82. The van der Waals surface area contributed by atoms with E-state index in [1.54, 1.807) is 24.3 Å². The van der Waals surface area contributed by atoms with Crippen LogP contribution in [0.4, 0.5) is 11.4 Å². The van der Waals surface area contributed by atoms with E-state index in [1.165, 1.54) is 12.1 Å². The molecule has 2 aromatic rings. The van der Waals surface area contributed by atoms with Crippen molar-refractivity contribution >= 4 is 11.4 Å². The van der Waals surface area contributed by atoms with Gasteiger partial charge in [-0.2, -0.15) is 0 Å². The molecule has 0 radical (unpaired) electrons. The molecule has 0 saturated carbocycles. The fourth-order valence-electron chi connectivity index (χ4n) is 1.49. The number of nitro benzene ring substituents is 1. The normalized spacial score (nSPS) is 10.2. The molecule has 2 rings (SSSR count). The SMILES string of the molecule is Cc1nc(-c2ccc([N+](=O)[O-])cc2)ccc1N. The lowest BCUT2D eigenvalue weighted by molar-refractivity contribution is -0.384. The molecule has 5 nitrogen and oxygen atoms in total. The summed E-state index contributed by atoms with van der Waals surface area (Å²) >= 11 is 0. The van der Waals surface area contributed by atoms with Crippen LogP contribution in [0.5, 0.6) is 0 Å². The summed E-state index contributed by atoms with van der Waals surface area (Å²) in [6.07, 6.45) is 0. The van der Waals surface area contributed by atoms with E-state index >= 15 is 0 Å². The fourth-order valence-corrected chi connectivity index (χ4v) is 1.49. The number of rotatable bonds is 2. The van der Waals surface area contributed by atoms with Gasteiger partial charge >= 0.3 is 0 Å². The van der Waals surface area contributed by atoms with Gasteiger partial charge in [0, 0.05) is 17.7 Å². The summed E-state index contributed by atoms with van der Waals surface area (Å²) < 4.78 is 0. The summed E-state index contributed by atoms with van der Waals surface area (Å²) in [4.78, 5) is 14.4. The van der Waals surface area contributed by atoms with Gasteiger partial charge in [0.2, 0.25) is 0 Å². The minimum atomic E-state index is -0.425. The number of non-ortho nitro benzene ring substituents is 1. The Kier molecular flexibility index (Phi) is 2.74. The van der Waals surface area contributed by atoms with Crippen molar-refractivity contribution < 1.29 is 4.92 Å².